The van der Waals surface area contributed by atoms with Gasteiger partial charge in [-0.3, -0.25) is 0 Å². The summed E-state index contributed by atoms with van der Waals surface area (Å²) in [5.74, 6) is 2.41. The van der Waals surface area contributed by atoms with Crippen LogP contribution in [0, 0.1) is 12.3 Å². The fraction of sp³-hybridized carbons (Fsp3) is 0.600. The van der Waals surface area contributed by atoms with Crippen LogP contribution in [0.3, 0.4) is 0 Å². The first-order chi connectivity index (χ1) is 4.93. The van der Waals surface area contributed by atoms with Crippen molar-refractivity contribution in [1.29, 1.82) is 0 Å². The SMILES string of the molecule is [C]#CCCCCCC1=CC1. The molecule has 0 unspecified atom stereocenters. The number of unbranched alkanes of at least 4 members (excludes halogenated alkanes) is 3. The van der Waals surface area contributed by atoms with E-state index in [1.165, 1.54) is 25.7 Å². The fourth-order valence-electron chi connectivity index (χ4n) is 1.02. The monoisotopic (exact) mass is 133 g/mol. The van der Waals surface area contributed by atoms with Gasteiger partial charge in [-0.25, -0.2) is 0 Å². The molecular formula is C10H13. The summed E-state index contributed by atoms with van der Waals surface area (Å²) >= 11 is 0. The molecule has 1 rings (SSSR count). The first kappa shape index (κ1) is 7.41. The quantitative estimate of drug-likeness (QED) is 0.307. The average Bonchev–Trinajstić information content (AvgIpc) is 2.71. The first-order valence-corrected chi connectivity index (χ1v) is 4.01. The maximum atomic E-state index is 6.67. The van der Waals surface area contributed by atoms with Gasteiger partial charge >= 0.3 is 0 Å². The second-order valence-corrected chi connectivity index (χ2v) is 2.80. The summed E-state index contributed by atoms with van der Waals surface area (Å²) < 4.78 is 0. The van der Waals surface area contributed by atoms with Crippen LogP contribution in [0.2, 0.25) is 0 Å². The first-order valence-electron chi connectivity index (χ1n) is 4.01. The number of rotatable bonds is 5. The summed E-state index contributed by atoms with van der Waals surface area (Å²) in [4.78, 5) is 0. The van der Waals surface area contributed by atoms with Gasteiger partial charge in [0.05, 0.1) is 0 Å². The third-order valence-corrected chi connectivity index (χ3v) is 1.79. The molecule has 0 aromatic heterocycles. The van der Waals surface area contributed by atoms with Crippen molar-refractivity contribution in [2.75, 3.05) is 0 Å². The Hall–Kier alpha value is -0.700. The molecule has 0 spiro atoms. The molecule has 0 nitrogen and oxygen atoms in total. The minimum atomic E-state index is 0.846. The summed E-state index contributed by atoms with van der Waals surface area (Å²) in [6, 6.07) is 0. The van der Waals surface area contributed by atoms with E-state index in [2.05, 4.69) is 12.0 Å². The molecule has 1 aliphatic carbocycles. The smallest absolute Gasteiger partial charge is 0.00989 e. The minimum Gasteiger partial charge on any atom is -0.0891 e. The highest BCUT2D eigenvalue weighted by atomic mass is 14.1. The second kappa shape index (κ2) is 4.17. The van der Waals surface area contributed by atoms with E-state index in [9.17, 15) is 0 Å². The Balaban J connectivity index is 1.77. The fourth-order valence-corrected chi connectivity index (χ4v) is 1.02. The number of hydrogen-bond donors (Lipinski definition) is 0. The van der Waals surface area contributed by atoms with Crippen LogP contribution < -0.4 is 0 Å². The molecule has 1 radical (unpaired) electrons. The highest BCUT2D eigenvalue weighted by Crippen LogP contribution is 2.24. The van der Waals surface area contributed by atoms with Crippen molar-refractivity contribution in [2.45, 2.75) is 38.5 Å². The number of hydrogen-bond acceptors (Lipinski definition) is 0. The predicted octanol–water partition coefficient (Wildman–Crippen LogP) is 2.86. The zero-order chi connectivity index (χ0) is 7.23. The molecule has 53 valence electrons. The summed E-state index contributed by atoms with van der Waals surface area (Å²) in [7, 11) is 0. The molecule has 10 heavy (non-hydrogen) atoms. The van der Waals surface area contributed by atoms with Gasteiger partial charge in [0.15, 0.2) is 0 Å². The summed E-state index contributed by atoms with van der Waals surface area (Å²) in [6.07, 6.45) is 16.1. The lowest BCUT2D eigenvalue weighted by molar-refractivity contribution is 0.695. The van der Waals surface area contributed by atoms with Crippen LogP contribution in [-0.4, -0.2) is 0 Å². The van der Waals surface area contributed by atoms with E-state index >= 15 is 0 Å². The Bertz CT molecular complexity index is 157. The van der Waals surface area contributed by atoms with E-state index in [0.29, 0.717) is 0 Å². The predicted molar refractivity (Wildman–Crippen MR) is 42.9 cm³/mol. The molecular weight excluding hydrogens is 120 g/mol. The van der Waals surface area contributed by atoms with Crippen molar-refractivity contribution < 1.29 is 0 Å². The Morgan fingerprint density at radius 2 is 2.20 bits per heavy atom. The Labute approximate surface area is 63.3 Å². The van der Waals surface area contributed by atoms with Gasteiger partial charge in [0.1, 0.15) is 0 Å². The normalized spacial score (nSPS) is 14.1. The zero-order valence-corrected chi connectivity index (χ0v) is 6.32. The lowest BCUT2D eigenvalue weighted by Crippen LogP contribution is -1.75. The Kier molecular flexibility index (Phi) is 3.09. The third-order valence-electron chi connectivity index (χ3n) is 1.79. The van der Waals surface area contributed by atoms with Crippen molar-refractivity contribution in [3.05, 3.63) is 18.1 Å². The maximum absolute atomic E-state index is 6.67. The van der Waals surface area contributed by atoms with E-state index in [0.717, 1.165) is 12.8 Å². The van der Waals surface area contributed by atoms with Gasteiger partial charge in [-0.1, -0.05) is 24.0 Å². The standard InChI is InChI=1S/C10H13/c1-2-3-4-5-6-7-10-8-9-10/h8H,3-7,9H2. The molecule has 0 heterocycles. The molecule has 0 saturated heterocycles. The lowest BCUT2D eigenvalue weighted by Gasteiger charge is -1.93. The Morgan fingerprint density at radius 1 is 1.40 bits per heavy atom. The highest BCUT2D eigenvalue weighted by molar-refractivity contribution is 5.21. The van der Waals surface area contributed by atoms with E-state index in [1.54, 1.807) is 5.57 Å². The largest absolute Gasteiger partial charge is 0.0891 e. The highest BCUT2D eigenvalue weighted by Gasteiger charge is 2.04. The summed E-state index contributed by atoms with van der Waals surface area (Å²) in [6.45, 7) is 0. The van der Waals surface area contributed by atoms with E-state index < -0.39 is 0 Å². The molecule has 0 aliphatic heterocycles. The summed E-state index contributed by atoms with van der Waals surface area (Å²) in [5.41, 5.74) is 1.64. The van der Waals surface area contributed by atoms with Crippen molar-refractivity contribution in [1.82, 2.24) is 0 Å². The van der Waals surface area contributed by atoms with Crippen LogP contribution in [0.1, 0.15) is 38.5 Å². The topological polar surface area (TPSA) is 0 Å². The minimum absolute atomic E-state index is 0.846. The Morgan fingerprint density at radius 3 is 2.80 bits per heavy atom. The van der Waals surface area contributed by atoms with Crippen LogP contribution >= 0.6 is 0 Å². The molecule has 0 bridgehead atoms. The lowest BCUT2D eigenvalue weighted by atomic mass is 10.1. The van der Waals surface area contributed by atoms with Crippen molar-refractivity contribution >= 4 is 0 Å². The maximum Gasteiger partial charge on any atom is 0.00989 e. The molecule has 1 aliphatic rings. The van der Waals surface area contributed by atoms with Crippen molar-refractivity contribution in [3.63, 3.8) is 0 Å². The van der Waals surface area contributed by atoms with Gasteiger partial charge in [-0.2, -0.15) is 0 Å². The van der Waals surface area contributed by atoms with E-state index in [-0.39, 0.29) is 0 Å². The van der Waals surface area contributed by atoms with E-state index in [1.807, 2.05) is 0 Å². The van der Waals surface area contributed by atoms with Crippen LogP contribution in [0.5, 0.6) is 0 Å². The van der Waals surface area contributed by atoms with Crippen LogP contribution in [-0.2, 0) is 0 Å². The molecule has 0 amide bonds. The molecule has 0 atom stereocenters. The van der Waals surface area contributed by atoms with Gasteiger partial charge in [0.2, 0.25) is 0 Å². The summed E-state index contributed by atoms with van der Waals surface area (Å²) in [5, 5.41) is 0. The van der Waals surface area contributed by atoms with Crippen LogP contribution in [0.25, 0.3) is 0 Å². The van der Waals surface area contributed by atoms with Gasteiger partial charge in [-0.15, -0.1) is 0 Å². The average molecular weight is 133 g/mol. The zero-order valence-electron chi connectivity index (χ0n) is 6.32. The molecule has 0 fully saturated rings. The molecule has 0 heteroatoms. The molecule has 0 aromatic carbocycles. The van der Waals surface area contributed by atoms with E-state index in [4.69, 9.17) is 6.42 Å². The van der Waals surface area contributed by atoms with Crippen molar-refractivity contribution in [2.24, 2.45) is 0 Å². The molecule has 0 aromatic rings. The van der Waals surface area contributed by atoms with Crippen LogP contribution in [0.4, 0.5) is 0 Å². The number of allylic oxidation sites excluding steroid dienone is 2. The van der Waals surface area contributed by atoms with Crippen molar-refractivity contribution in [3.8, 4) is 5.92 Å². The van der Waals surface area contributed by atoms with Gasteiger partial charge in [-0.05, 0) is 32.1 Å². The van der Waals surface area contributed by atoms with Gasteiger partial charge in [0.25, 0.3) is 0 Å². The molecule has 0 N–H and O–H groups in total. The third kappa shape index (κ3) is 3.35. The second-order valence-electron chi connectivity index (χ2n) is 2.80. The molecule has 0 saturated carbocycles. The van der Waals surface area contributed by atoms with Gasteiger partial charge < -0.3 is 0 Å². The van der Waals surface area contributed by atoms with Crippen LogP contribution in [0.15, 0.2) is 11.6 Å². The van der Waals surface area contributed by atoms with Gasteiger partial charge in [0, 0.05) is 6.42 Å².